The molecule has 1 N–H and O–H groups in total. The van der Waals surface area contributed by atoms with Crippen LogP contribution in [0.1, 0.15) is 46.2 Å². The number of halogens is 1. The van der Waals surface area contributed by atoms with E-state index < -0.39 is 0 Å². The highest BCUT2D eigenvalue weighted by Crippen LogP contribution is 2.14. The molecule has 19 heavy (non-hydrogen) atoms. The monoisotopic (exact) mass is 374 g/mol. The Morgan fingerprint density at radius 3 is 2.00 bits per heavy atom. The van der Waals surface area contributed by atoms with E-state index in [0.29, 0.717) is 18.1 Å². The van der Waals surface area contributed by atoms with Gasteiger partial charge < -0.3 is 5.32 Å². The molecule has 0 saturated carbocycles. The molecular formula is C16H27IN2. The van der Waals surface area contributed by atoms with E-state index in [-0.39, 0.29) is 0 Å². The number of benzene rings is 1. The summed E-state index contributed by atoms with van der Waals surface area (Å²) in [4.78, 5) is 2.52. The highest BCUT2D eigenvalue weighted by molar-refractivity contribution is 14.1. The van der Waals surface area contributed by atoms with E-state index in [4.69, 9.17) is 0 Å². The highest BCUT2D eigenvalue weighted by Gasteiger charge is 2.13. The summed E-state index contributed by atoms with van der Waals surface area (Å²) in [5, 5.41) is 3.61. The molecule has 0 aliphatic carbocycles. The molecular weight excluding hydrogens is 347 g/mol. The van der Waals surface area contributed by atoms with Crippen molar-refractivity contribution in [3.05, 3.63) is 33.4 Å². The summed E-state index contributed by atoms with van der Waals surface area (Å²) in [5.41, 5.74) is 1.36. The first-order valence-electron chi connectivity index (χ1n) is 7.16. The Morgan fingerprint density at radius 2 is 1.53 bits per heavy atom. The molecule has 0 aliphatic heterocycles. The Morgan fingerprint density at radius 1 is 1.00 bits per heavy atom. The normalized spacial score (nSPS) is 13.5. The molecule has 0 heterocycles. The SMILES string of the molecule is CC(NCCN(C(C)C)C(C)C)c1ccc(I)cc1. The predicted molar refractivity (Wildman–Crippen MR) is 92.6 cm³/mol. The lowest BCUT2D eigenvalue weighted by atomic mass is 10.1. The van der Waals surface area contributed by atoms with Gasteiger partial charge in [-0.3, -0.25) is 4.90 Å². The van der Waals surface area contributed by atoms with Crippen LogP contribution in [0.5, 0.6) is 0 Å². The van der Waals surface area contributed by atoms with Gasteiger partial charge in [0, 0.05) is 34.8 Å². The van der Waals surface area contributed by atoms with Crippen LogP contribution in [0.3, 0.4) is 0 Å². The molecule has 0 radical (unpaired) electrons. The predicted octanol–water partition coefficient (Wildman–Crippen LogP) is 4.06. The van der Waals surface area contributed by atoms with E-state index in [1.165, 1.54) is 9.13 Å². The molecule has 0 spiro atoms. The van der Waals surface area contributed by atoms with Crippen LogP contribution in [-0.2, 0) is 0 Å². The summed E-state index contributed by atoms with van der Waals surface area (Å²) in [7, 11) is 0. The van der Waals surface area contributed by atoms with E-state index in [9.17, 15) is 0 Å². The Bertz CT molecular complexity index is 352. The number of nitrogens with zero attached hydrogens (tertiary/aromatic N) is 1. The van der Waals surface area contributed by atoms with Crippen LogP contribution in [0.2, 0.25) is 0 Å². The fourth-order valence-corrected chi connectivity index (χ4v) is 2.75. The maximum Gasteiger partial charge on any atom is 0.0292 e. The van der Waals surface area contributed by atoms with E-state index in [1.54, 1.807) is 0 Å². The van der Waals surface area contributed by atoms with Crippen molar-refractivity contribution in [2.24, 2.45) is 0 Å². The lowest BCUT2D eigenvalue weighted by Crippen LogP contribution is -2.41. The van der Waals surface area contributed by atoms with Crippen LogP contribution in [0.4, 0.5) is 0 Å². The van der Waals surface area contributed by atoms with Gasteiger partial charge in [-0.2, -0.15) is 0 Å². The number of hydrogen-bond donors (Lipinski definition) is 1. The Labute approximate surface area is 132 Å². The van der Waals surface area contributed by atoms with Gasteiger partial charge in [0.15, 0.2) is 0 Å². The third-order valence-electron chi connectivity index (χ3n) is 3.52. The molecule has 0 amide bonds. The van der Waals surface area contributed by atoms with Crippen LogP contribution in [-0.4, -0.2) is 30.1 Å². The van der Waals surface area contributed by atoms with Gasteiger partial charge in [0.1, 0.15) is 0 Å². The molecule has 2 nitrogen and oxygen atoms in total. The Kier molecular flexibility index (Phi) is 7.32. The molecule has 0 aromatic heterocycles. The Hall–Kier alpha value is -0.130. The average Bonchev–Trinajstić information content (AvgIpc) is 2.34. The van der Waals surface area contributed by atoms with Crippen molar-refractivity contribution in [1.82, 2.24) is 10.2 Å². The molecule has 0 aliphatic rings. The number of nitrogens with one attached hydrogen (secondary N) is 1. The van der Waals surface area contributed by atoms with Crippen molar-refractivity contribution in [2.45, 2.75) is 52.7 Å². The lowest BCUT2D eigenvalue weighted by Gasteiger charge is -2.31. The zero-order valence-electron chi connectivity index (χ0n) is 12.8. The van der Waals surface area contributed by atoms with Crippen LogP contribution in [0.15, 0.2) is 24.3 Å². The van der Waals surface area contributed by atoms with Crippen LogP contribution in [0.25, 0.3) is 0 Å². The molecule has 1 unspecified atom stereocenters. The summed E-state index contributed by atoms with van der Waals surface area (Å²) >= 11 is 2.34. The van der Waals surface area contributed by atoms with Gasteiger partial charge in [-0.25, -0.2) is 0 Å². The first-order chi connectivity index (χ1) is 8.91. The summed E-state index contributed by atoms with van der Waals surface area (Å²) in [5.74, 6) is 0. The number of hydrogen-bond acceptors (Lipinski definition) is 2. The summed E-state index contributed by atoms with van der Waals surface area (Å²) < 4.78 is 1.29. The fourth-order valence-electron chi connectivity index (χ4n) is 2.39. The van der Waals surface area contributed by atoms with Gasteiger partial charge in [0.25, 0.3) is 0 Å². The standard InChI is InChI=1S/C16H27IN2/c1-12(2)19(13(3)4)11-10-18-14(5)15-6-8-16(17)9-7-15/h6-9,12-14,18H,10-11H2,1-5H3. The summed E-state index contributed by atoms with van der Waals surface area (Å²) in [6, 6.07) is 10.4. The number of rotatable bonds is 7. The van der Waals surface area contributed by atoms with Gasteiger partial charge in [-0.1, -0.05) is 12.1 Å². The first kappa shape index (κ1) is 16.9. The van der Waals surface area contributed by atoms with Crippen molar-refractivity contribution >= 4 is 22.6 Å². The van der Waals surface area contributed by atoms with Gasteiger partial charge in [-0.15, -0.1) is 0 Å². The van der Waals surface area contributed by atoms with Crippen LogP contribution in [0, 0.1) is 3.57 Å². The first-order valence-corrected chi connectivity index (χ1v) is 8.24. The van der Waals surface area contributed by atoms with Crippen molar-refractivity contribution in [3.8, 4) is 0 Å². The molecule has 1 atom stereocenters. The third-order valence-corrected chi connectivity index (χ3v) is 4.24. The molecule has 3 heteroatoms. The molecule has 0 fully saturated rings. The maximum absolute atomic E-state index is 3.61. The second kappa shape index (κ2) is 8.22. The zero-order chi connectivity index (χ0) is 14.4. The maximum atomic E-state index is 3.61. The molecule has 0 saturated heterocycles. The topological polar surface area (TPSA) is 15.3 Å². The van der Waals surface area contributed by atoms with Gasteiger partial charge in [0.05, 0.1) is 0 Å². The largest absolute Gasteiger partial charge is 0.309 e. The summed E-state index contributed by atoms with van der Waals surface area (Å²) in [6.45, 7) is 13.4. The molecule has 1 aromatic rings. The van der Waals surface area contributed by atoms with Crippen molar-refractivity contribution in [2.75, 3.05) is 13.1 Å². The third kappa shape index (κ3) is 5.79. The molecule has 0 bridgehead atoms. The minimum absolute atomic E-state index is 0.415. The molecule has 108 valence electrons. The van der Waals surface area contributed by atoms with E-state index in [1.807, 2.05) is 0 Å². The second-order valence-corrected chi connectivity index (χ2v) is 6.90. The lowest BCUT2D eigenvalue weighted by molar-refractivity contribution is 0.174. The fraction of sp³-hybridized carbons (Fsp3) is 0.625. The van der Waals surface area contributed by atoms with Gasteiger partial charge >= 0.3 is 0 Å². The average molecular weight is 374 g/mol. The van der Waals surface area contributed by atoms with Crippen molar-refractivity contribution < 1.29 is 0 Å². The zero-order valence-corrected chi connectivity index (χ0v) is 14.9. The van der Waals surface area contributed by atoms with E-state index in [2.05, 4.69) is 91.7 Å². The van der Waals surface area contributed by atoms with Gasteiger partial charge in [-0.05, 0) is 74.9 Å². The van der Waals surface area contributed by atoms with Gasteiger partial charge in [0.2, 0.25) is 0 Å². The minimum atomic E-state index is 0.415. The van der Waals surface area contributed by atoms with Crippen molar-refractivity contribution in [3.63, 3.8) is 0 Å². The van der Waals surface area contributed by atoms with Crippen LogP contribution < -0.4 is 5.32 Å². The van der Waals surface area contributed by atoms with E-state index in [0.717, 1.165) is 13.1 Å². The molecule has 1 aromatic carbocycles. The van der Waals surface area contributed by atoms with Crippen LogP contribution >= 0.6 is 22.6 Å². The highest BCUT2D eigenvalue weighted by atomic mass is 127. The summed E-state index contributed by atoms with van der Waals surface area (Å²) in [6.07, 6.45) is 0. The smallest absolute Gasteiger partial charge is 0.0292 e. The molecule has 1 rings (SSSR count). The van der Waals surface area contributed by atoms with E-state index >= 15 is 0 Å². The minimum Gasteiger partial charge on any atom is -0.309 e. The van der Waals surface area contributed by atoms with Crippen molar-refractivity contribution in [1.29, 1.82) is 0 Å². The quantitative estimate of drug-likeness (QED) is 0.724. The second-order valence-electron chi connectivity index (χ2n) is 5.65. The Balaban J connectivity index is 2.42.